The van der Waals surface area contributed by atoms with E-state index in [4.69, 9.17) is 22.1 Å². The summed E-state index contributed by atoms with van der Waals surface area (Å²) >= 11 is 8.99. The van der Waals surface area contributed by atoms with Crippen molar-refractivity contribution in [1.82, 2.24) is 4.98 Å². The summed E-state index contributed by atoms with van der Waals surface area (Å²) < 4.78 is 5.56. The average Bonchev–Trinajstić information content (AvgIpc) is 2.77. The van der Waals surface area contributed by atoms with Crippen LogP contribution in [0.4, 0.5) is 5.69 Å². The molecule has 1 aromatic carbocycles. The highest BCUT2D eigenvalue weighted by Gasteiger charge is 2.18. The topological polar surface area (TPSA) is 65.2 Å². The number of rotatable bonds is 3. The Morgan fingerprint density at radius 1 is 1.53 bits per heavy atom. The zero-order chi connectivity index (χ0) is 14.0. The number of esters is 1. The molecular formula is C12H11ClN2O2S2. The van der Waals surface area contributed by atoms with Gasteiger partial charge in [-0.3, -0.25) is 0 Å². The van der Waals surface area contributed by atoms with Gasteiger partial charge < -0.3 is 10.5 Å². The number of nitrogens with two attached hydrogens (primary N) is 1. The minimum absolute atomic E-state index is 0.352. The Morgan fingerprint density at radius 3 is 2.84 bits per heavy atom. The lowest BCUT2D eigenvalue weighted by Crippen LogP contribution is -2.04. The fraction of sp³-hybridized carbons (Fsp3) is 0.167. The first-order valence-corrected chi connectivity index (χ1v) is 7.36. The average molecular weight is 315 g/mol. The summed E-state index contributed by atoms with van der Waals surface area (Å²) in [4.78, 5) is 16.7. The summed E-state index contributed by atoms with van der Waals surface area (Å²) in [6.07, 6.45) is 0. The largest absolute Gasteiger partial charge is 0.465 e. The Labute approximate surface area is 123 Å². The number of thiazole rings is 1. The number of nitrogens with zero attached hydrogens (tertiary/aromatic N) is 1. The third-order valence-electron chi connectivity index (χ3n) is 2.26. The second kappa shape index (κ2) is 5.81. The number of hydrogen-bond acceptors (Lipinski definition) is 6. The summed E-state index contributed by atoms with van der Waals surface area (Å²) in [6.45, 7) is 1.91. The van der Waals surface area contributed by atoms with Crippen molar-refractivity contribution >= 4 is 46.4 Å². The molecule has 0 radical (unpaired) electrons. The molecule has 0 unspecified atom stereocenters. The Kier molecular flexibility index (Phi) is 4.34. The first-order chi connectivity index (χ1) is 9.01. The van der Waals surface area contributed by atoms with Gasteiger partial charge in [0.1, 0.15) is 0 Å². The third-order valence-corrected chi connectivity index (χ3v) is 4.87. The molecule has 19 heavy (non-hydrogen) atoms. The van der Waals surface area contributed by atoms with Crippen molar-refractivity contribution in [1.29, 1.82) is 0 Å². The monoisotopic (exact) mass is 314 g/mol. The molecule has 0 saturated heterocycles. The molecule has 0 fully saturated rings. The van der Waals surface area contributed by atoms with Crippen molar-refractivity contribution in [3.63, 3.8) is 0 Å². The summed E-state index contributed by atoms with van der Waals surface area (Å²) in [5.41, 5.74) is 7.41. The Hall–Kier alpha value is -1.24. The van der Waals surface area contributed by atoms with Crippen LogP contribution in [0.25, 0.3) is 0 Å². The van der Waals surface area contributed by atoms with Crippen LogP contribution in [0.5, 0.6) is 0 Å². The molecule has 0 saturated carbocycles. The summed E-state index contributed by atoms with van der Waals surface area (Å²) in [5, 5.41) is 2.35. The number of halogens is 1. The Morgan fingerprint density at radius 2 is 2.26 bits per heavy atom. The predicted octanol–water partition coefficient (Wildman–Crippen LogP) is 3.62. The maximum Gasteiger partial charge on any atom is 0.339 e. The standard InChI is InChI=1S/C12H11ClN2O2S2/c1-6-5-18-12(15-6)19-10-8(11(16)17-2)3-7(14)4-9(10)13/h3-5H,14H2,1-2H3. The second-order valence-electron chi connectivity index (χ2n) is 3.73. The number of ether oxygens (including phenoxy) is 1. The van der Waals surface area contributed by atoms with E-state index in [1.165, 1.54) is 30.2 Å². The molecular weight excluding hydrogens is 304 g/mol. The highest BCUT2D eigenvalue weighted by atomic mass is 35.5. The van der Waals surface area contributed by atoms with Crippen molar-refractivity contribution in [2.45, 2.75) is 16.2 Å². The molecule has 7 heteroatoms. The summed E-state index contributed by atoms with van der Waals surface area (Å²) in [5.74, 6) is -0.468. The van der Waals surface area contributed by atoms with Gasteiger partial charge in [-0.25, -0.2) is 9.78 Å². The van der Waals surface area contributed by atoms with Gasteiger partial charge >= 0.3 is 5.97 Å². The van der Waals surface area contributed by atoms with Gasteiger partial charge in [-0.05, 0) is 19.1 Å². The van der Waals surface area contributed by atoms with E-state index in [1.54, 1.807) is 12.1 Å². The maximum atomic E-state index is 11.8. The molecule has 100 valence electrons. The van der Waals surface area contributed by atoms with Crippen LogP contribution in [0.15, 0.2) is 26.7 Å². The number of nitrogen functional groups attached to an aromatic ring is 1. The fourth-order valence-electron chi connectivity index (χ4n) is 1.45. The third kappa shape index (κ3) is 3.20. The number of aromatic nitrogens is 1. The number of anilines is 1. The lowest BCUT2D eigenvalue weighted by molar-refractivity contribution is 0.0597. The normalized spacial score (nSPS) is 10.5. The maximum absolute atomic E-state index is 11.8. The van der Waals surface area contributed by atoms with Crippen molar-refractivity contribution in [3.8, 4) is 0 Å². The molecule has 4 nitrogen and oxygen atoms in total. The van der Waals surface area contributed by atoms with E-state index in [9.17, 15) is 4.79 Å². The molecule has 2 N–H and O–H groups in total. The quantitative estimate of drug-likeness (QED) is 0.692. The molecule has 0 aliphatic rings. The zero-order valence-electron chi connectivity index (χ0n) is 10.3. The van der Waals surface area contributed by atoms with Gasteiger partial charge in [-0.1, -0.05) is 23.4 Å². The van der Waals surface area contributed by atoms with Crippen LogP contribution in [0, 0.1) is 6.92 Å². The Bertz CT molecular complexity index is 628. The van der Waals surface area contributed by atoms with Gasteiger partial charge in [0.05, 0.1) is 17.7 Å². The minimum Gasteiger partial charge on any atom is -0.465 e. The van der Waals surface area contributed by atoms with E-state index >= 15 is 0 Å². The highest BCUT2D eigenvalue weighted by molar-refractivity contribution is 8.01. The number of carbonyl (C=O) groups is 1. The summed E-state index contributed by atoms with van der Waals surface area (Å²) in [7, 11) is 1.32. The number of methoxy groups -OCH3 is 1. The Balaban J connectivity index is 2.45. The first-order valence-electron chi connectivity index (χ1n) is 5.28. The van der Waals surface area contributed by atoms with Crippen LogP contribution in [-0.2, 0) is 4.74 Å². The van der Waals surface area contributed by atoms with Gasteiger partial charge in [0.25, 0.3) is 0 Å². The number of benzene rings is 1. The molecule has 0 bridgehead atoms. The predicted molar refractivity (Wildman–Crippen MR) is 78.2 cm³/mol. The van der Waals surface area contributed by atoms with Crippen molar-refractivity contribution in [2.24, 2.45) is 0 Å². The molecule has 0 atom stereocenters. The molecule has 2 rings (SSSR count). The first kappa shape index (κ1) is 14.2. The van der Waals surface area contributed by atoms with E-state index in [2.05, 4.69) is 4.98 Å². The van der Waals surface area contributed by atoms with Gasteiger partial charge in [-0.15, -0.1) is 11.3 Å². The van der Waals surface area contributed by atoms with Gasteiger partial charge in [0.2, 0.25) is 0 Å². The fourth-order valence-corrected chi connectivity index (χ4v) is 3.67. The van der Waals surface area contributed by atoms with E-state index in [0.29, 0.717) is 21.2 Å². The minimum atomic E-state index is -0.468. The van der Waals surface area contributed by atoms with Crippen LogP contribution in [0.3, 0.4) is 0 Å². The molecule has 0 aliphatic heterocycles. The molecule has 1 aromatic heterocycles. The van der Waals surface area contributed by atoms with Crippen LogP contribution in [0.2, 0.25) is 5.02 Å². The van der Waals surface area contributed by atoms with Crippen LogP contribution >= 0.6 is 34.7 Å². The smallest absolute Gasteiger partial charge is 0.339 e. The van der Waals surface area contributed by atoms with Crippen LogP contribution < -0.4 is 5.73 Å². The zero-order valence-corrected chi connectivity index (χ0v) is 12.7. The van der Waals surface area contributed by atoms with Crippen molar-refractivity contribution in [3.05, 3.63) is 33.8 Å². The lowest BCUT2D eigenvalue weighted by atomic mass is 10.2. The molecule has 0 aliphatic carbocycles. The lowest BCUT2D eigenvalue weighted by Gasteiger charge is -2.09. The van der Waals surface area contributed by atoms with Crippen molar-refractivity contribution in [2.75, 3.05) is 12.8 Å². The van der Waals surface area contributed by atoms with E-state index in [0.717, 1.165) is 10.0 Å². The highest BCUT2D eigenvalue weighted by Crippen LogP contribution is 2.39. The molecule has 0 amide bonds. The molecule has 2 aromatic rings. The SMILES string of the molecule is COC(=O)c1cc(N)cc(Cl)c1Sc1nc(C)cs1. The number of carbonyl (C=O) groups excluding carboxylic acids is 1. The van der Waals surface area contributed by atoms with E-state index in [-0.39, 0.29) is 0 Å². The molecule has 1 heterocycles. The van der Waals surface area contributed by atoms with E-state index in [1.807, 2.05) is 12.3 Å². The van der Waals surface area contributed by atoms with Gasteiger partial charge in [0, 0.05) is 21.7 Å². The van der Waals surface area contributed by atoms with Crippen LogP contribution in [0.1, 0.15) is 16.1 Å². The second-order valence-corrected chi connectivity index (χ2v) is 6.25. The van der Waals surface area contributed by atoms with Gasteiger partial charge in [0.15, 0.2) is 4.34 Å². The number of aryl methyl sites for hydroxylation is 1. The van der Waals surface area contributed by atoms with Gasteiger partial charge in [-0.2, -0.15) is 0 Å². The van der Waals surface area contributed by atoms with E-state index < -0.39 is 5.97 Å². The van der Waals surface area contributed by atoms with Crippen molar-refractivity contribution < 1.29 is 9.53 Å². The summed E-state index contributed by atoms with van der Waals surface area (Å²) in [6, 6.07) is 3.16. The number of hydrogen-bond donors (Lipinski definition) is 1. The van der Waals surface area contributed by atoms with Crippen LogP contribution in [-0.4, -0.2) is 18.1 Å². The molecule has 0 spiro atoms.